The lowest BCUT2D eigenvalue weighted by molar-refractivity contribution is 0.279. The van der Waals surface area contributed by atoms with Gasteiger partial charge in [-0.2, -0.15) is 5.10 Å². The van der Waals surface area contributed by atoms with E-state index in [4.69, 9.17) is 0 Å². The lowest BCUT2D eigenvalue weighted by atomic mass is 9.93. The van der Waals surface area contributed by atoms with Crippen molar-refractivity contribution in [3.05, 3.63) is 39.2 Å². The molecule has 2 aromatic rings. The highest BCUT2D eigenvalue weighted by molar-refractivity contribution is 9.10. The molecule has 1 saturated carbocycles. The molecule has 1 aliphatic rings. The van der Waals surface area contributed by atoms with Gasteiger partial charge >= 0.3 is 0 Å². The van der Waals surface area contributed by atoms with Crippen LogP contribution in [0.2, 0.25) is 0 Å². The molecule has 1 fully saturated rings. The maximum atomic E-state index is 12.2. The minimum Gasteiger partial charge on any atom is -0.267 e. The van der Waals surface area contributed by atoms with Gasteiger partial charge in [-0.05, 0) is 41.3 Å². The summed E-state index contributed by atoms with van der Waals surface area (Å²) in [5, 5.41) is 5.98. The second kappa shape index (κ2) is 3.70. The first-order valence-corrected chi connectivity index (χ1v) is 6.24. The fourth-order valence-corrected chi connectivity index (χ4v) is 2.56. The Morgan fingerprint density at radius 1 is 1.25 bits per heavy atom. The highest BCUT2D eigenvalue weighted by Crippen LogP contribution is 2.30. The molecule has 1 aromatic carbocycles. The molecule has 16 heavy (non-hydrogen) atoms. The van der Waals surface area contributed by atoms with Crippen molar-refractivity contribution < 1.29 is 0 Å². The predicted octanol–water partition coefficient (Wildman–Crippen LogP) is 2.88. The van der Waals surface area contributed by atoms with Crippen LogP contribution in [0.25, 0.3) is 10.8 Å². The average molecular weight is 279 g/mol. The van der Waals surface area contributed by atoms with E-state index in [1.165, 1.54) is 6.42 Å². The molecule has 0 radical (unpaired) electrons. The summed E-state index contributed by atoms with van der Waals surface area (Å²) >= 11 is 3.43. The molecule has 1 aliphatic carbocycles. The standard InChI is InChI=1S/C12H11BrN2O/c13-11-9-6-1-2-7-10(9)12(16)15(14-11)8-4-3-5-8/h1-2,6-8H,3-5H2. The number of hydrogen-bond donors (Lipinski definition) is 0. The third kappa shape index (κ3) is 1.40. The summed E-state index contributed by atoms with van der Waals surface area (Å²) in [4.78, 5) is 12.2. The van der Waals surface area contributed by atoms with E-state index in [1.54, 1.807) is 4.68 Å². The van der Waals surface area contributed by atoms with Gasteiger partial charge in [-0.1, -0.05) is 18.2 Å². The van der Waals surface area contributed by atoms with Gasteiger partial charge in [0.05, 0.1) is 11.4 Å². The van der Waals surface area contributed by atoms with Crippen LogP contribution in [-0.2, 0) is 0 Å². The van der Waals surface area contributed by atoms with Gasteiger partial charge in [0.2, 0.25) is 0 Å². The van der Waals surface area contributed by atoms with E-state index in [2.05, 4.69) is 21.0 Å². The van der Waals surface area contributed by atoms with Crippen LogP contribution in [0, 0.1) is 0 Å². The molecule has 0 spiro atoms. The number of halogens is 1. The summed E-state index contributed by atoms with van der Waals surface area (Å²) in [6, 6.07) is 7.88. The summed E-state index contributed by atoms with van der Waals surface area (Å²) in [6.45, 7) is 0. The molecule has 0 aliphatic heterocycles. The second-order valence-electron chi connectivity index (χ2n) is 4.17. The van der Waals surface area contributed by atoms with E-state index in [9.17, 15) is 4.79 Å². The average Bonchev–Trinajstić information content (AvgIpc) is 2.23. The molecule has 0 bridgehead atoms. The van der Waals surface area contributed by atoms with Crippen molar-refractivity contribution in [2.75, 3.05) is 0 Å². The third-order valence-electron chi connectivity index (χ3n) is 3.20. The fraction of sp³-hybridized carbons (Fsp3) is 0.333. The molecule has 0 N–H and O–H groups in total. The van der Waals surface area contributed by atoms with Gasteiger partial charge in [-0.25, -0.2) is 4.68 Å². The molecule has 0 atom stereocenters. The topological polar surface area (TPSA) is 34.9 Å². The maximum Gasteiger partial charge on any atom is 0.274 e. The van der Waals surface area contributed by atoms with Crippen LogP contribution in [0.5, 0.6) is 0 Å². The Bertz CT molecular complexity index is 601. The summed E-state index contributed by atoms with van der Waals surface area (Å²) in [5.74, 6) is 0. The summed E-state index contributed by atoms with van der Waals surface area (Å²) < 4.78 is 2.39. The lowest BCUT2D eigenvalue weighted by Crippen LogP contribution is -2.31. The minimum absolute atomic E-state index is 0.0310. The molecular formula is C12H11BrN2O. The highest BCUT2D eigenvalue weighted by Gasteiger charge is 2.22. The Kier molecular flexibility index (Phi) is 2.32. The van der Waals surface area contributed by atoms with E-state index in [0.29, 0.717) is 6.04 Å². The minimum atomic E-state index is 0.0310. The maximum absolute atomic E-state index is 12.2. The molecule has 4 heteroatoms. The van der Waals surface area contributed by atoms with Crippen molar-refractivity contribution in [3.8, 4) is 0 Å². The Balaban J connectivity index is 2.31. The predicted molar refractivity (Wildman–Crippen MR) is 66.6 cm³/mol. The van der Waals surface area contributed by atoms with Crippen molar-refractivity contribution in [3.63, 3.8) is 0 Å². The van der Waals surface area contributed by atoms with E-state index < -0.39 is 0 Å². The van der Waals surface area contributed by atoms with E-state index in [-0.39, 0.29) is 5.56 Å². The van der Waals surface area contributed by atoms with Gasteiger partial charge in [-0.3, -0.25) is 4.79 Å². The number of nitrogens with zero attached hydrogens (tertiary/aromatic N) is 2. The summed E-state index contributed by atoms with van der Waals surface area (Å²) in [5.41, 5.74) is 0.0310. The van der Waals surface area contributed by atoms with Gasteiger partial charge < -0.3 is 0 Å². The largest absolute Gasteiger partial charge is 0.274 e. The molecule has 0 unspecified atom stereocenters. The zero-order valence-corrected chi connectivity index (χ0v) is 10.3. The Labute approximate surface area is 101 Å². The number of hydrogen-bond acceptors (Lipinski definition) is 2. The van der Waals surface area contributed by atoms with Gasteiger partial charge in [-0.15, -0.1) is 0 Å². The van der Waals surface area contributed by atoms with Gasteiger partial charge in [0.15, 0.2) is 0 Å². The van der Waals surface area contributed by atoms with Crippen molar-refractivity contribution in [2.24, 2.45) is 0 Å². The second-order valence-corrected chi connectivity index (χ2v) is 4.92. The highest BCUT2D eigenvalue weighted by atomic mass is 79.9. The van der Waals surface area contributed by atoms with E-state index in [1.807, 2.05) is 24.3 Å². The molecule has 3 nitrogen and oxygen atoms in total. The molecular weight excluding hydrogens is 268 g/mol. The van der Waals surface area contributed by atoms with Crippen LogP contribution in [0.1, 0.15) is 25.3 Å². The quantitative estimate of drug-likeness (QED) is 0.804. The van der Waals surface area contributed by atoms with Crippen LogP contribution in [0.15, 0.2) is 33.7 Å². The Morgan fingerprint density at radius 3 is 2.56 bits per heavy atom. The monoisotopic (exact) mass is 278 g/mol. The first-order valence-electron chi connectivity index (χ1n) is 5.44. The SMILES string of the molecule is O=c1c2ccccc2c(Br)nn1C1CCC1. The number of rotatable bonds is 1. The Hall–Kier alpha value is -1.16. The van der Waals surface area contributed by atoms with Crippen LogP contribution in [0.3, 0.4) is 0 Å². The van der Waals surface area contributed by atoms with Crippen molar-refractivity contribution in [1.82, 2.24) is 9.78 Å². The van der Waals surface area contributed by atoms with Crippen molar-refractivity contribution in [2.45, 2.75) is 25.3 Å². The first kappa shape index (κ1) is 10.0. The van der Waals surface area contributed by atoms with Crippen molar-refractivity contribution in [1.29, 1.82) is 0 Å². The first-order chi connectivity index (χ1) is 7.77. The van der Waals surface area contributed by atoms with Crippen LogP contribution in [0.4, 0.5) is 0 Å². The normalized spacial score (nSPS) is 16.3. The van der Waals surface area contributed by atoms with E-state index in [0.717, 1.165) is 28.2 Å². The van der Waals surface area contributed by atoms with Crippen LogP contribution < -0.4 is 5.56 Å². The summed E-state index contributed by atoms with van der Waals surface area (Å²) in [7, 11) is 0. The molecule has 3 rings (SSSR count). The Morgan fingerprint density at radius 2 is 1.94 bits per heavy atom. The summed E-state index contributed by atoms with van der Waals surface area (Å²) in [6.07, 6.45) is 3.33. The van der Waals surface area contributed by atoms with Crippen LogP contribution in [-0.4, -0.2) is 9.78 Å². The number of aromatic nitrogens is 2. The molecule has 82 valence electrons. The van der Waals surface area contributed by atoms with Crippen molar-refractivity contribution >= 4 is 26.7 Å². The zero-order chi connectivity index (χ0) is 11.1. The molecule has 0 amide bonds. The number of benzene rings is 1. The molecule has 1 aromatic heterocycles. The smallest absolute Gasteiger partial charge is 0.267 e. The molecule has 0 saturated heterocycles. The fourth-order valence-electron chi connectivity index (χ4n) is 2.05. The zero-order valence-electron chi connectivity index (χ0n) is 8.69. The third-order valence-corrected chi connectivity index (χ3v) is 3.79. The van der Waals surface area contributed by atoms with Gasteiger partial charge in [0, 0.05) is 5.39 Å². The van der Waals surface area contributed by atoms with Gasteiger partial charge in [0.1, 0.15) is 4.60 Å². The number of fused-ring (bicyclic) bond motifs is 1. The van der Waals surface area contributed by atoms with Gasteiger partial charge in [0.25, 0.3) is 5.56 Å². The molecule has 1 heterocycles. The van der Waals surface area contributed by atoms with Crippen LogP contribution >= 0.6 is 15.9 Å². The lowest BCUT2D eigenvalue weighted by Gasteiger charge is -2.26. The van der Waals surface area contributed by atoms with E-state index >= 15 is 0 Å².